The van der Waals surface area contributed by atoms with Gasteiger partial charge in [0.2, 0.25) is 11.7 Å². The van der Waals surface area contributed by atoms with Gasteiger partial charge in [-0.2, -0.15) is 4.98 Å². The maximum atomic E-state index is 12.7. The predicted octanol–water partition coefficient (Wildman–Crippen LogP) is 2.07. The highest BCUT2D eigenvalue weighted by Gasteiger charge is 2.42. The van der Waals surface area contributed by atoms with Crippen LogP contribution in [0.15, 0.2) is 22.9 Å². The molecule has 0 aliphatic carbocycles. The topological polar surface area (TPSA) is 81.4 Å². The highest BCUT2D eigenvalue weighted by Crippen LogP contribution is 2.40. The van der Waals surface area contributed by atoms with E-state index in [4.69, 9.17) is 9.26 Å². The zero-order valence-electron chi connectivity index (χ0n) is 13.8. The van der Waals surface area contributed by atoms with Gasteiger partial charge in [0.15, 0.2) is 0 Å². The minimum Gasteiger partial charge on any atom is -0.366 e. The van der Waals surface area contributed by atoms with Crippen molar-refractivity contribution in [1.29, 1.82) is 0 Å². The molecule has 2 aliphatic heterocycles. The third kappa shape index (κ3) is 2.80. The molecular weight excluding hydrogens is 308 g/mol. The van der Waals surface area contributed by atoms with Crippen molar-refractivity contribution < 1.29 is 14.1 Å². The molecule has 0 radical (unpaired) electrons. The van der Waals surface area contributed by atoms with Crippen LogP contribution >= 0.6 is 0 Å². The second-order valence-corrected chi connectivity index (χ2v) is 6.56. The fourth-order valence-electron chi connectivity index (χ4n) is 3.53. The Morgan fingerprint density at radius 3 is 2.92 bits per heavy atom. The molecule has 0 bridgehead atoms. The van der Waals surface area contributed by atoms with Crippen LogP contribution in [0.1, 0.15) is 46.7 Å². The molecule has 7 nitrogen and oxygen atoms in total. The van der Waals surface area contributed by atoms with Crippen molar-refractivity contribution in [3.8, 4) is 0 Å². The molecule has 0 unspecified atom stereocenters. The number of hydrogen-bond donors (Lipinski definition) is 0. The number of nitrogens with zero attached hydrogens (tertiary/aromatic N) is 4. The molecule has 0 saturated carbocycles. The van der Waals surface area contributed by atoms with Crippen LogP contribution in [-0.2, 0) is 4.74 Å². The second-order valence-electron chi connectivity index (χ2n) is 6.56. The summed E-state index contributed by atoms with van der Waals surface area (Å²) >= 11 is 0. The molecule has 24 heavy (non-hydrogen) atoms. The molecule has 2 aliphatic rings. The van der Waals surface area contributed by atoms with Gasteiger partial charge in [-0.3, -0.25) is 9.78 Å². The molecule has 2 saturated heterocycles. The van der Waals surface area contributed by atoms with E-state index in [0.717, 1.165) is 18.5 Å². The van der Waals surface area contributed by atoms with Gasteiger partial charge in [0.05, 0.1) is 11.7 Å². The average Bonchev–Trinajstić information content (AvgIpc) is 3.20. The lowest BCUT2D eigenvalue weighted by Crippen LogP contribution is -2.44. The summed E-state index contributed by atoms with van der Waals surface area (Å²) < 4.78 is 11.1. The number of pyridine rings is 1. The lowest BCUT2D eigenvalue weighted by atomic mass is 9.92. The third-order valence-corrected chi connectivity index (χ3v) is 4.80. The average molecular weight is 328 g/mol. The van der Waals surface area contributed by atoms with Gasteiger partial charge in [-0.1, -0.05) is 5.16 Å². The molecule has 3 atom stereocenters. The summed E-state index contributed by atoms with van der Waals surface area (Å²) in [6.07, 6.45) is 3.34. The molecule has 126 valence electrons. The van der Waals surface area contributed by atoms with E-state index in [0.29, 0.717) is 36.3 Å². The zero-order valence-corrected chi connectivity index (χ0v) is 13.8. The number of fused-ring (bicyclic) bond motifs is 1. The molecular formula is C17H20N4O3. The van der Waals surface area contributed by atoms with E-state index in [2.05, 4.69) is 15.1 Å². The van der Waals surface area contributed by atoms with Crippen LogP contribution in [0.3, 0.4) is 0 Å². The van der Waals surface area contributed by atoms with Crippen LogP contribution in [0.25, 0.3) is 0 Å². The van der Waals surface area contributed by atoms with Crippen LogP contribution in [0, 0.1) is 19.8 Å². The Morgan fingerprint density at radius 1 is 1.33 bits per heavy atom. The highest BCUT2D eigenvalue weighted by molar-refractivity contribution is 5.94. The maximum Gasteiger partial charge on any atom is 0.255 e. The smallest absolute Gasteiger partial charge is 0.255 e. The molecule has 7 heteroatoms. The SMILES string of the molecule is Cc1ccc(C(=O)N2CC[C@@H]3O[C@@H](c4noc(C)n4)C[C@H]3C2)cn1. The first-order valence-electron chi connectivity index (χ1n) is 8.28. The molecule has 0 aromatic carbocycles. The minimum absolute atomic E-state index is 0.0415. The fourth-order valence-corrected chi connectivity index (χ4v) is 3.53. The van der Waals surface area contributed by atoms with E-state index in [1.807, 2.05) is 24.0 Å². The van der Waals surface area contributed by atoms with Crippen molar-refractivity contribution in [3.05, 3.63) is 41.3 Å². The summed E-state index contributed by atoms with van der Waals surface area (Å²) in [7, 11) is 0. The van der Waals surface area contributed by atoms with Gasteiger partial charge in [-0.05, 0) is 31.9 Å². The normalized spacial score (nSPS) is 26.4. The van der Waals surface area contributed by atoms with E-state index >= 15 is 0 Å². The van der Waals surface area contributed by atoms with Crippen molar-refractivity contribution in [2.24, 2.45) is 5.92 Å². The number of aryl methyl sites for hydroxylation is 2. The highest BCUT2D eigenvalue weighted by atomic mass is 16.5. The number of rotatable bonds is 2. The molecule has 4 heterocycles. The molecule has 4 rings (SSSR count). The Morgan fingerprint density at radius 2 is 2.21 bits per heavy atom. The van der Waals surface area contributed by atoms with Gasteiger partial charge in [0.1, 0.15) is 6.10 Å². The number of aromatic nitrogens is 3. The number of amides is 1. The second kappa shape index (κ2) is 5.98. The van der Waals surface area contributed by atoms with E-state index in [1.54, 1.807) is 13.1 Å². The fraction of sp³-hybridized carbons (Fsp3) is 0.529. The van der Waals surface area contributed by atoms with Crippen LogP contribution in [0.5, 0.6) is 0 Å². The molecule has 0 N–H and O–H groups in total. The Bertz CT molecular complexity index is 743. The van der Waals surface area contributed by atoms with Gasteiger partial charge in [0.25, 0.3) is 5.91 Å². The van der Waals surface area contributed by atoms with Crippen molar-refractivity contribution >= 4 is 5.91 Å². The van der Waals surface area contributed by atoms with Gasteiger partial charge < -0.3 is 14.2 Å². The van der Waals surface area contributed by atoms with Crippen LogP contribution in [0.2, 0.25) is 0 Å². The monoisotopic (exact) mass is 328 g/mol. The lowest BCUT2D eigenvalue weighted by molar-refractivity contribution is -0.000983. The summed E-state index contributed by atoms with van der Waals surface area (Å²) in [6, 6.07) is 3.71. The summed E-state index contributed by atoms with van der Waals surface area (Å²) in [5.41, 5.74) is 1.55. The number of ether oxygens (including phenoxy) is 1. The Labute approximate surface area is 140 Å². The van der Waals surface area contributed by atoms with Crippen molar-refractivity contribution in [2.45, 2.75) is 38.9 Å². The molecule has 1 amide bonds. The first-order chi connectivity index (χ1) is 11.6. The third-order valence-electron chi connectivity index (χ3n) is 4.80. The molecule has 0 spiro atoms. The van der Waals surface area contributed by atoms with Gasteiger partial charge in [-0.25, -0.2) is 0 Å². The van der Waals surface area contributed by atoms with Crippen LogP contribution in [-0.4, -0.2) is 45.1 Å². The van der Waals surface area contributed by atoms with Crippen molar-refractivity contribution in [1.82, 2.24) is 20.0 Å². The lowest BCUT2D eigenvalue weighted by Gasteiger charge is -2.34. The van der Waals surface area contributed by atoms with E-state index < -0.39 is 0 Å². The summed E-state index contributed by atoms with van der Waals surface area (Å²) in [5, 5.41) is 3.97. The molecule has 2 fully saturated rings. The quantitative estimate of drug-likeness (QED) is 0.839. The van der Waals surface area contributed by atoms with Gasteiger partial charge >= 0.3 is 0 Å². The number of carbonyl (C=O) groups is 1. The summed E-state index contributed by atoms with van der Waals surface area (Å²) in [4.78, 5) is 23.0. The largest absolute Gasteiger partial charge is 0.366 e. The number of piperidine rings is 1. The zero-order chi connectivity index (χ0) is 16.7. The van der Waals surface area contributed by atoms with E-state index in [9.17, 15) is 4.79 Å². The van der Waals surface area contributed by atoms with Crippen LogP contribution in [0.4, 0.5) is 0 Å². The summed E-state index contributed by atoms with van der Waals surface area (Å²) in [5.74, 6) is 1.51. The van der Waals surface area contributed by atoms with E-state index in [-0.39, 0.29) is 18.1 Å². The minimum atomic E-state index is -0.131. The molecule has 2 aromatic rings. The Hall–Kier alpha value is -2.28. The first-order valence-corrected chi connectivity index (χ1v) is 8.28. The van der Waals surface area contributed by atoms with E-state index in [1.165, 1.54) is 0 Å². The predicted molar refractivity (Wildman–Crippen MR) is 84.3 cm³/mol. The summed E-state index contributed by atoms with van der Waals surface area (Å²) in [6.45, 7) is 5.08. The van der Waals surface area contributed by atoms with Crippen molar-refractivity contribution in [2.75, 3.05) is 13.1 Å². The maximum absolute atomic E-state index is 12.7. The van der Waals surface area contributed by atoms with Crippen LogP contribution < -0.4 is 0 Å². The first kappa shape index (κ1) is 15.3. The van der Waals surface area contributed by atoms with Gasteiger partial charge in [0, 0.05) is 37.8 Å². The Balaban J connectivity index is 1.44. The number of likely N-dealkylation sites (tertiary alicyclic amines) is 1. The van der Waals surface area contributed by atoms with Gasteiger partial charge in [-0.15, -0.1) is 0 Å². The molecule has 2 aromatic heterocycles. The van der Waals surface area contributed by atoms with Crippen molar-refractivity contribution in [3.63, 3.8) is 0 Å². The Kier molecular flexibility index (Phi) is 3.80. The standard InChI is InChI=1S/C17H20N4O3/c1-10-3-4-12(8-18-10)17(22)21-6-5-14-13(9-21)7-15(23-14)16-19-11(2)24-20-16/h3-4,8,13-15H,5-7,9H2,1-2H3/t13-,14-,15+/m0/s1. The number of hydrogen-bond acceptors (Lipinski definition) is 6. The number of carbonyl (C=O) groups excluding carboxylic acids is 1.